The van der Waals surface area contributed by atoms with E-state index in [0.29, 0.717) is 12.3 Å². The van der Waals surface area contributed by atoms with Crippen LogP contribution in [0.3, 0.4) is 0 Å². The predicted octanol–water partition coefficient (Wildman–Crippen LogP) is 2.37. The number of aliphatic hydroxyl groups is 1. The Kier molecular flexibility index (Phi) is 4.89. The molecule has 1 atom stereocenters. The summed E-state index contributed by atoms with van der Waals surface area (Å²) in [4.78, 5) is 4.22. The Bertz CT molecular complexity index is 320. The van der Waals surface area contributed by atoms with Crippen LogP contribution in [-0.4, -0.2) is 34.2 Å². The number of nitrogens with one attached hydrogen (secondary N) is 1. The quantitative estimate of drug-likeness (QED) is 0.818. The van der Waals surface area contributed by atoms with E-state index in [2.05, 4.69) is 26.2 Å². The average molecular weight is 291 g/mol. The van der Waals surface area contributed by atoms with Gasteiger partial charge in [0.2, 0.25) is 0 Å². The van der Waals surface area contributed by atoms with Gasteiger partial charge >= 0.3 is 0 Å². The first-order valence-corrected chi connectivity index (χ1v) is 6.80. The molecule has 0 amide bonds. The lowest BCUT2D eigenvalue weighted by atomic mass is 10.1. The van der Waals surface area contributed by atoms with Gasteiger partial charge in [-0.1, -0.05) is 6.07 Å². The largest absolute Gasteiger partial charge is 0.387 e. The van der Waals surface area contributed by atoms with Gasteiger partial charge in [-0.25, -0.2) is 4.98 Å². The smallest absolute Gasteiger partial charge is 0.127 e. The average Bonchev–Trinajstić information content (AvgIpc) is 2.15. The number of anilines is 1. The maximum absolute atomic E-state index is 9.92. The van der Waals surface area contributed by atoms with Crippen LogP contribution in [0.4, 0.5) is 5.82 Å². The summed E-state index contributed by atoms with van der Waals surface area (Å²) < 4.78 is 0.789. The second-order valence-corrected chi connectivity index (χ2v) is 5.31. The fraction of sp³-hybridized carbons (Fsp3) is 0.500. The molecular formula is C10H15BrN2OS. The molecular weight excluding hydrogens is 276 g/mol. The van der Waals surface area contributed by atoms with Crippen molar-refractivity contribution in [3.8, 4) is 0 Å². The van der Waals surface area contributed by atoms with Crippen LogP contribution in [0.2, 0.25) is 0 Å². The van der Waals surface area contributed by atoms with Crippen LogP contribution in [0.5, 0.6) is 0 Å². The molecule has 0 saturated heterocycles. The van der Waals surface area contributed by atoms with Gasteiger partial charge in [0.15, 0.2) is 0 Å². The van der Waals surface area contributed by atoms with Gasteiger partial charge in [0.25, 0.3) is 0 Å². The number of aromatic nitrogens is 1. The van der Waals surface area contributed by atoms with E-state index in [-0.39, 0.29) is 0 Å². The van der Waals surface area contributed by atoms with Crippen molar-refractivity contribution in [3.05, 3.63) is 22.8 Å². The molecule has 1 aromatic rings. The molecule has 1 heterocycles. The van der Waals surface area contributed by atoms with Crippen molar-refractivity contribution in [1.82, 2.24) is 4.98 Å². The Hall–Kier alpha value is -0.260. The molecule has 0 spiro atoms. The second kappa shape index (κ2) is 5.72. The van der Waals surface area contributed by atoms with Crippen molar-refractivity contribution in [2.75, 3.05) is 23.9 Å². The highest BCUT2D eigenvalue weighted by atomic mass is 79.9. The topological polar surface area (TPSA) is 45.1 Å². The van der Waals surface area contributed by atoms with Gasteiger partial charge in [-0.05, 0) is 41.2 Å². The lowest BCUT2D eigenvalue weighted by Gasteiger charge is -2.22. The van der Waals surface area contributed by atoms with Gasteiger partial charge in [0, 0.05) is 12.3 Å². The first-order valence-electron chi connectivity index (χ1n) is 4.61. The molecule has 1 rings (SSSR count). The minimum atomic E-state index is -0.705. The molecule has 1 aromatic heterocycles. The summed E-state index contributed by atoms with van der Waals surface area (Å²) in [6, 6.07) is 5.65. The summed E-state index contributed by atoms with van der Waals surface area (Å²) >= 11 is 4.92. The van der Waals surface area contributed by atoms with E-state index in [4.69, 9.17) is 0 Å². The van der Waals surface area contributed by atoms with Crippen LogP contribution in [0.15, 0.2) is 22.8 Å². The van der Waals surface area contributed by atoms with E-state index >= 15 is 0 Å². The van der Waals surface area contributed by atoms with Crippen molar-refractivity contribution in [2.24, 2.45) is 0 Å². The molecule has 0 radical (unpaired) electrons. The number of rotatable bonds is 5. The van der Waals surface area contributed by atoms with Gasteiger partial charge in [-0.2, -0.15) is 11.8 Å². The second-order valence-electron chi connectivity index (χ2n) is 3.63. The summed E-state index contributed by atoms with van der Waals surface area (Å²) in [6.07, 6.45) is 1.98. The van der Waals surface area contributed by atoms with Crippen LogP contribution >= 0.6 is 27.7 Å². The SMILES string of the molecule is CSCC(C)(O)CNc1cccc(Br)n1. The van der Waals surface area contributed by atoms with Gasteiger partial charge in [-0.3, -0.25) is 0 Å². The zero-order chi connectivity index (χ0) is 11.3. The lowest BCUT2D eigenvalue weighted by Crippen LogP contribution is -2.36. The molecule has 0 aliphatic carbocycles. The monoisotopic (exact) mass is 290 g/mol. The van der Waals surface area contributed by atoms with E-state index < -0.39 is 5.60 Å². The Balaban J connectivity index is 2.49. The van der Waals surface area contributed by atoms with Crippen LogP contribution in [-0.2, 0) is 0 Å². The Morgan fingerprint density at radius 2 is 2.33 bits per heavy atom. The summed E-state index contributed by atoms with van der Waals surface area (Å²) in [7, 11) is 0. The molecule has 1 unspecified atom stereocenters. The van der Waals surface area contributed by atoms with E-state index in [1.165, 1.54) is 0 Å². The van der Waals surface area contributed by atoms with Crippen molar-refractivity contribution in [3.63, 3.8) is 0 Å². The van der Waals surface area contributed by atoms with Gasteiger partial charge in [-0.15, -0.1) is 0 Å². The summed E-state index contributed by atoms with van der Waals surface area (Å²) in [6.45, 7) is 2.31. The number of hydrogen-bond donors (Lipinski definition) is 2. The Morgan fingerprint density at radius 1 is 1.60 bits per heavy atom. The first kappa shape index (κ1) is 12.8. The summed E-state index contributed by atoms with van der Waals surface area (Å²) in [5, 5.41) is 13.0. The standard InChI is InChI=1S/C10H15BrN2OS/c1-10(14,7-15-2)6-12-9-5-3-4-8(11)13-9/h3-5,14H,6-7H2,1-2H3,(H,12,13). The highest BCUT2D eigenvalue weighted by molar-refractivity contribution is 9.10. The molecule has 0 fully saturated rings. The predicted molar refractivity (Wildman–Crippen MR) is 69.4 cm³/mol. The number of thioether (sulfide) groups is 1. The number of hydrogen-bond acceptors (Lipinski definition) is 4. The molecule has 0 aromatic carbocycles. The molecule has 0 bridgehead atoms. The van der Waals surface area contributed by atoms with Gasteiger partial charge in [0.1, 0.15) is 10.4 Å². The van der Waals surface area contributed by atoms with E-state index in [1.54, 1.807) is 11.8 Å². The van der Waals surface area contributed by atoms with E-state index in [0.717, 1.165) is 10.4 Å². The maximum Gasteiger partial charge on any atom is 0.127 e. The van der Waals surface area contributed by atoms with Crippen molar-refractivity contribution >= 4 is 33.5 Å². The first-order chi connectivity index (χ1) is 7.03. The third-order valence-corrected chi connectivity index (χ3v) is 3.17. The van der Waals surface area contributed by atoms with Crippen LogP contribution < -0.4 is 5.32 Å². The number of nitrogens with zero attached hydrogens (tertiary/aromatic N) is 1. The third kappa shape index (κ3) is 4.86. The van der Waals surface area contributed by atoms with E-state index in [9.17, 15) is 5.11 Å². The highest BCUT2D eigenvalue weighted by Gasteiger charge is 2.19. The zero-order valence-corrected chi connectivity index (χ0v) is 11.2. The van der Waals surface area contributed by atoms with Crippen LogP contribution in [0.25, 0.3) is 0 Å². The molecule has 0 aliphatic rings. The van der Waals surface area contributed by atoms with Crippen molar-refractivity contribution in [2.45, 2.75) is 12.5 Å². The summed E-state index contributed by atoms with van der Waals surface area (Å²) in [5.41, 5.74) is -0.705. The zero-order valence-electron chi connectivity index (χ0n) is 8.83. The minimum absolute atomic E-state index is 0.497. The molecule has 5 heteroatoms. The van der Waals surface area contributed by atoms with E-state index in [1.807, 2.05) is 31.4 Å². The van der Waals surface area contributed by atoms with Gasteiger partial charge in [0.05, 0.1) is 5.60 Å². The third-order valence-electron chi connectivity index (χ3n) is 1.82. The van der Waals surface area contributed by atoms with Crippen LogP contribution in [0, 0.1) is 0 Å². The Morgan fingerprint density at radius 3 is 2.93 bits per heavy atom. The molecule has 3 nitrogen and oxygen atoms in total. The number of halogens is 1. The maximum atomic E-state index is 9.92. The minimum Gasteiger partial charge on any atom is -0.387 e. The van der Waals surface area contributed by atoms with Crippen molar-refractivity contribution in [1.29, 1.82) is 0 Å². The normalized spacial score (nSPS) is 14.7. The molecule has 0 aliphatic heterocycles. The Labute approximate surface area is 103 Å². The number of pyridine rings is 1. The fourth-order valence-electron chi connectivity index (χ4n) is 1.15. The summed E-state index contributed by atoms with van der Waals surface area (Å²) in [5.74, 6) is 1.47. The fourth-order valence-corrected chi connectivity index (χ4v) is 2.22. The van der Waals surface area contributed by atoms with Crippen molar-refractivity contribution < 1.29 is 5.11 Å². The van der Waals surface area contributed by atoms with Crippen LogP contribution in [0.1, 0.15) is 6.92 Å². The highest BCUT2D eigenvalue weighted by Crippen LogP contribution is 2.14. The van der Waals surface area contributed by atoms with Gasteiger partial charge < -0.3 is 10.4 Å². The lowest BCUT2D eigenvalue weighted by molar-refractivity contribution is 0.0996. The molecule has 2 N–H and O–H groups in total. The molecule has 84 valence electrons. The molecule has 0 saturated carbocycles. The molecule has 15 heavy (non-hydrogen) atoms.